The second kappa shape index (κ2) is 11.3. The van der Waals surface area contributed by atoms with Gasteiger partial charge in [-0.05, 0) is 59.1 Å². The Bertz CT molecular complexity index is 959. The standard InChI is InChI=1S/C24H27BrN2O2S/c1-2-23-21(25)15-19(30-23)16-27(14-8-13-26)24(28)20-11-6-7-12-22(20)29-17-18-9-4-3-5-10-18/h3-7,9-12,15H,2,8,13-14,16-17,26H2,1H3. The lowest BCUT2D eigenvalue weighted by atomic mass is 10.1. The Kier molecular flexibility index (Phi) is 8.49. The van der Waals surface area contributed by atoms with E-state index in [0.29, 0.717) is 37.6 Å². The van der Waals surface area contributed by atoms with Gasteiger partial charge in [0.25, 0.3) is 5.91 Å². The molecule has 6 heteroatoms. The van der Waals surface area contributed by atoms with Gasteiger partial charge in [0.2, 0.25) is 0 Å². The van der Waals surface area contributed by atoms with Crippen molar-refractivity contribution < 1.29 is 9.53 Å². The van der Waals surface area contributed by atoms with Crippen molar-refractivity contribution >= 4 is 33.2 Å². The third-order valence-electron chi connectivity index (χ3n) is 4.75. The van der Waals surface area contributed by atoms with Gasteiger partial charge in [-0.15, -0.1) is 11.3 Å². The van der Waals surface area contributed by atoms with Gasteiger partial charge in [-0.2, -0.15) is 0 Å². The lowest BCUT2D eigenvalue weighted by molar-refractivity contribution is 0.0739. The van der Waals surface area contributed by atoms with Crippen LogP contribution in [0.1, 0.15) is 39.0 Å². The fraction of sp³-hybridized carbons (Fsp3) is 0.292. The van der Waals surface area contributed by atoms with E-state index in [2.05, 4.69) is 28.9 Å². The molecule has 4 nitrogen and oxygen atoms in total. The van der Waals surface area contributed by atoms with E-state index in [0.717, 1.165) is 27.8 Å². The van der Waals surface area contributed by atoms with Gasteiger partial charge in [0, 0.05) is 20.8 Å². The number of hydrogen-bond donors (Lipinski definition) is 1. The first-order valence-electron chi connectivity index (χ1n) is 10.1. The molecule has 0 unspecified atom stereocenters. The predicted molar refractivity (Wildman–Crippen MR) is 127 cm³/mol. The Morgan fingerprint density at radius 3 is 2.57 bits per heavy atom. The van der Waals surface area contributed by atoms with Crippen molar-refractivity contribution in [3.05, 3.63) is 86.0 Å². The summed E-state index contributed by atoms with van der Waals surface area (Å²) < 4.78 is 7.13. The van der Waals surface area contributed by atoms with Crippen LogP contribution in [0, 0.1) is 0 Å². The molecule has 1 heterocycles. The number of nitrogens with zero attached hydrogens (tertiary/aromatic N) is 1. The third kappa shape index (κ3) is 5.94. The van der Waals surface area contributed by atoms with Crippen LogP contribution < -0.4 is 10.5 Å². The first kappa shape index (κ1) is 22.5. The number of benzene rings is 2. The molecule has 2 aromatic carbocycles. The zero-order valence-corrected chi connectivity index (χ0v) is 19.5. The number of amides is 1. The third-order valence-corrected chi connectivity index (χ3v) is 6.98. The number of hydrogen-bond acceptors (Lipinski definition) is 4. The number of ether oxygens (including phenoxy) is 1. The summed E-state index contributed by atoms with van der Waals surface area (Å²) in [5.41, 5.74) is 7.38. The topological polar surface area (TPSA) is 55.6 Å². The first-order valence-corrected chi connectivity index (χ1v) is 11.8. The molecule has 0 atom stereocenters. The predicted octanol–water partition coefficient (Wildman–Crippen LogP) is 5.64. The molecule has 0 aliphatic carbocycles. The molecular weight excluding hydrogens is 460 g/mol. The van der Waals surface area contributed by atoms with Crippen LogP contribution in [0.2, 0.25) is 0 Å². The number of para-hydroxylation sites is 1. The molecular formula is C24H27BrN2O2S. The van der Waals surface area contributed by atoms with Gasteiger partial charge in [-0.1, -0.05) is 49.4 Å². The summed E-state index contributed by atoms with van der Waals surface area (Å²) in [5.74, 6) is 0.570. The summed E-state index contributed by atoms with van der Waals surface area (Å²) >= 11 is 5.37. The summed E-state index contributed by atoms with van der Waals surface area (Å²) in [6.45, 7) is 4.28. The van der Waals surface area contributed by atoms with E-state index in [1.54, 1.807) is 11.3 Å². The Hall–Kier alpha value is -2.15. The van der Waals surface area contributed by atoms with E-state index in [1.165, 1.54) is 4.88 Å². The van der Waals surface area contributed by atoms with Crippen LogP contribution in [0.3, 0.4) is 0 Å². The summed E-state index contributed by atoms with van der Waals surface area (Å²) in [4.78, 5) is 17.8. The normalized spacial score (nSPS) is 10.8. The van der Waals surface area contributed by atoms with E-state index < -0.39 is 0 Å². The van der Waals surface area contributed by atoms with Crippen molar-refractivity contribution in [2.24, 2.45) is 5.73 Å². The molecule has 0 aliphatic heterocycles. The quantitative estimate of drug-likeness (QED) is 0.403. The molecule has 0 saturated carbocycles. The van der Waals surface area contributed by atoms with Gasteiger partial charge in [-0.3, -0.25) is 4.79 Å². The molecule has 3 rings (SSSR count). The van der Waals surface area contributed by atoms with E-state index in [4.69, 9.17) is 10.5 Å². The zero-order chi connectivity index (χ0) is 21.3. The highest BCUT2D eigenvalue weighted by Gasteiger charge is 2.21. The van der Waals surface area contributed by atoms with Gasteiger partial charge in [0.1, 0.15) is 12.4 Å². The number of nitrogens with two attached hydrogens (primary N) is 1. The summed E-state index contributed by atoms with van der Waals surface area (Å²) in [6.07, 6.45) is 1.73. The fourth-order valence-corrected chi connectivity index (χ4v) is 5.14. The largest absolute Gasteiger partial charge is 0.488 e. The Balaban J connectivity index is 1.79. The number of rotatable bonds is 10. The smallest absolute Gasteiger partial charge is 0.257 e. The van der Waals surface area contributed by atoms with E-state index >= 15 is 0 Å². The monoisotopic (exact) mass is 486 g/mol. The maximum Gasteiger partial charge on any atom is 0.257 e. The maximum atomic E-state index is 13.4. The van der Waals surface area contributed by atoms with Crippen molar-refractivity contribution in [1.29, 1.82) is 0 Å². The molecule has 1 amide bonds. The first-order chi connectivity index (χ1) is 14.6. The van der Waals surface area contributed by atoms with Crippen LogP contribution in [0.15, 0.2) is 65.1 Å². The molecule has 0 saturated heterocycles. The van der Waals surface area contributed by atoms with Crippen molar-refractivity contribution in [3.63, 3.8) is 0 Å². The molecule has 1 aromatic heterocycles. The number of aryl methyl sites for hydroxylation is 1. The minimum Gasteiger partial charge on any atom is -0.488 e. The van der Waals surface area contributed by atoms with Crippen LogP contribution in [0.4, 0.5) is 0 Å². The average molecular weight is 487 g/mol. The lowest BCUT2D eigenvalue weighted by Crippen LogP contribution is -2.32. The molecule has 0 radical (unpaired) electrons. The van der Waals surface area contributed by atoms with Crippen LogP contribution in [0.25, 0.3) is 0 Å². The Labute approximate surface area is 190 Å². The summed E-state index contributed by atoms with van der Waals surface area (Å²) in [5, 5.41) is 0. The highest BCUT2D eigenvalue weighted by Crippen LogP contribution is 2.30. The van der Waals surface area contributed by atoms with Gasteiger partial charge in [0.05, 0.1) is 12.1 Å². The fourth-order valence-electron chi connectivity index (χ4n) is 3.17. The molecule has 0 aliphatic rings. The van der Waals surface area contributed by atoms with E-state index in [1.807, 2.05) is 59.5 Å². The lowest BCUT2D eigenvalue weighted by Gasteiger charge is -2.23. The van der Waals surface area contributed by atoms with Gasteiger partial charge in [0.15, 0.2) is 0 Å². The van der Waals surface area contributed by atoms with Crippen LogP contribution in [0.5, 0.6) is 5.75 Å². The number of thiophene rings is 1. The van der Waals surface area contributed by atoms with Crippen molar-refractivity contribution in [2.45, 2.75) is 32.9 Å². The van der Waals surface area contributed by atoms with Gasteiger partial charge in [-0.25, -0.2) is 0 Å². The van der Waals surface area contributed by atoms with E-state index in [9.17, 15) is 4.79 Å². The summed E-state index contributed by atoms with van der Waals surface area (Å²) in [7, 11) is 0. The molecule has 0 spiro atoms. The second-order valence-electron chi connectivity index (χ2n) is 6.98. The van der Waals surface area contributed by atoms with Crippen LogP contribution in [-0.4, -0.2) is 23.9 Å². The molecule has 2 N–H and O–H groups in total. The average Bonchev–Trinajstić information content (AvgIpc) is 3.14. The van der Waals surface area contributed by atoms with Crippen molar-refractivity contribution in [2.75, 3.05) is 13.1 Å². The maximum absolute atomic E-state index is 13.4. The molecule has 30 heavy (non-hydrogen) atoms. The van der Waals surface area contributed by atoms with Gasteiger partial charge < -0.3 is 15.4 Å². The molecule has 3 aromatic rings. The second-order valence-corrected chi connectivity index (χ2v) is 9.05. The number of halogens is 1. The van der Waals surface area contributed by atoms with Crippen LogP contribution >= 0.6 is 27.3 Å². The minimum absolute atomic E-state index is 0.0327. The highest BCUT2D eigenvalue weighted by molar-refractivity contribution is 9.10. The molecule has 0 fully saturated rings. The zero-order valence-electron chi connectivity index (χ0n) is 17.1. The van der Waals surface area contributed by atoms with Crippen molar-refractivity contribution in [3.8, 4) is 5.75 Å². The number of carbonyl (C=O) groups is 1. The minimum atomic E-state index is -0.0327. The van der Waals surface area contributed by atoms with Gasteiger partial charge >= 0.3 is 0 Å². The summed E-state index contributed by atoms with van der Waals surface area (Å²) in [6, 6.07) is 19.5. The van der Waals surface area contributed by atoms with Crippen molar-refractivity contribution in [1.82, 2.24) is 4.90 Å². The Morgan fingerprint density at radius 1 is 1.13 bits per heavy atom. The molecule has 158 valence electrons. The highest BCUT2D eigenvalue weighted by atomic mass is 79.9. The Morgan fingerprint density at radius 2 is 1.87 bits per heavy atom. The van der Waals surface area contributed by atoms with E-state index in [-0.39, 0.29) is 5.91 Å². The van der Waals surface area contributed by atoms with Crippen LogP contribution in [-0.2, 0) is 19.6 Å². The number of carbonyl (C=O) groups excluding carboxylic acids is 1. The SMILES string of the molecule is CCc1sc(CN(CCCN)C(=O)c2ccccc2OCc2ccccc2)cc1Br. The molecule has 0 bridgehead atoms.